The van der Waals surface area contributed by atoms with E-state index in [1.54, 1.807) is 19.2 Å². The number of ketones is 1. The van der Waals surface area contributed by atoms with Crippen molar-refractivity contribution in [1.29, 1.82) is 0 Å². The van der Waals surface area contributed by atoms with Crippen LogP contribution in [0.15, 0.2) is 47.7 Å². The molecule has 0 bridgehead atoms. The molecule has 1 aromatic carbocycles. The number of benzene rings is 1. The maximum atomic E-state index is 11.9. The Morgan fingerprint density at radius 1 is 1.22 bits per heavy atom. The molecule has 1 aromatic rings. The summed E-state index contributed by atoms with van der Waals surface area (Å²) < 4.78 is 5.01. The summed E-state index contributed by atoms with van der Waals surface area (Å²) in [7, 11) is 1.61. The lowest BCUT2D eigenvalue weighted by Gasteiger charge is -2.02. The van der Waals surface area contributed by atoms with Crippen LogP contribution in [-0.4, -0.2) is 18.0 Å². The number of phenolic OH excluding ortho intramolecular Hbond substituents is 1. The number of aromatic hydroxyl groups is 1. The number of hydrogen-bond donors (Lipinski definition) is 1. The Labute approximate surface area is 107 Å². The predicted molar refractivity (Wildman–Crippen MR) is 71.6 cm³/mol. The summed E-state index contributed by atoms with van der Waals surface area (Å²) in [5, 5.41) is 9.15. The van der Waals surface area contributed by atoms with Crippen LogP contribution in [0.1, 0.15) is 30.6 Å². The van der Waals surface area contributed by atoms with Crippen LogP contribution in [0.25, 0.3) is 0 Å². The molecule has 0 unspecified atom stereocenters. The molecule has 0 aliphatic heterocycles. The Morgan fingerprint density at radius 3 is 2.39 bits per heavy atom. The van der Waals surface area contributed by atoms with E-state index in [1.165, 1.54) is 12.1 Å². The van der Waals surface area contributed by atoms with Crippen molar-refractivity contribution in [1.82, 2.24) is 0 Å². The van der Waals surface area contributed by atoms with Crippen molar-refractivity contribution in [3.05, 3.63) is 53.3 Å². The third-order valence-corrected chi connectivity index (χ3v) is 2.55. The predicted octanol–water partition coefficient (Wildman–Crippen LogP) is 3.46. The smallest absolute Gasteiger partial charge is 0.166 e. The monoisotopic (exact) mass is 246 g/mol. The summed E-state index contributed by atoms with van der Waals surface area (Å²) in [4.78, 5) is 11.9. The normalized spacial score (nSPS) is 12.4. The average molecular weight is 246 g/mol. The highest BCUT2D eigenvalue weighted by Crippen LogP contribution is 2.14. The topological polar surface area (TPSA) is 46.5 Å². The molecule has 18 heavy (non-hydrogen) atoms. The number of carbonyl (C=O) groups is 1. The molecule has 96 valence electrons. The first-order valence-corrected chi connectivity index (χ1v) is 5.73. The van der Waals surface area contributed by atoms with Gasteiger partial charge in [0.2, 0.25) is 0 Å². The van der Waals surface area contributed by atoms with E-state index in [1.807, 2.05) is 26.0 Å². The van der Waals surface area contributed by atoms with Gasteiger partial charge in [0, 0.05) is 12.0 Å². The summed E-state index contributed by atoms with van der Waals surface area (Å²) in [6.07, 6.45) is 4.06. The molecule has 0 saturated heterocycles. The van der Waals surface area contributed by atoms with E-state index in [9.17, 15) is 4.79 Å². The fourth-order valence-corrected chi connectivity index (χ4v) is 1.39. The number of phenols is 1. The van der Waals surface area contributed by atoms with Gasteiger partial charge in [-0.2, -0.15) is 0 Å². The Kier molecular flexibility index (Phi) is 5.18. The summed E-state index contributed by atoms with van der Waals surface area (Å²) in [5.74, 6) is 0.996. The third-order valence-electron chi connectivity index (χ3n) is 2.55. The molecule has 3 heteroatoms. The van der Waals surface area contributed by atoms with Gasteiger partial charge in [-0.3, -0.25) is 4.79 Å². The molecule has 0 aromatic heterocycles. The third kappa shape index (κ3) is 4.45. The van der Waals surface area contributed by atoms with Crippen molar-refractivity contribution >= 4 is 5.78 Å². The number of rotatable bonds is 5. The first-order chi connectivity index (χ1) is 8.52. The summed E-state index contributed by atoms with van der Waals surface area (Å²) in [6, 6.07) is 6.28. The molecule has 0 aliphatic carbocycles. The van der Waals surface area contributed by atoms with Crippen LogP contribution < -0.4 is 0 Å². The van der Waals surface area contributed by atoms with Crippen molar-refractivity contribution in [3.63, 3.8) is 0 Å². The zero-order valence-electron chi connectivity index (χ0n) is 10.9. The fourth-order valence-electron chi connectivity index (χ4n) is 1.39. The minimum absolute atomic E-state index is 0.0345. The second kappa shape index (κ2) is 6.64. The SMILES string of the molecule is CO/C(C)=C/C=C(\C)CC(=O)c1ccc(O)cc1. The lowest BCUT2D eigenvalue weighted by molar-refractivity contribution is 0.0993. The molecule has 0 atom stereocenters. The lowest BCUT2D eigenvalue weighted by Crippen LogP contribution is -1.99. The summed E-state index contributed by atoms with van der Waals surface area (Å²) in [5.41, 5.74) is 1.57. The second-order valence-corrected chi connectivity index (χ2v) is 4.14. The highest BCUT2D eigenvalue weighted by Gasteiger charge is 2.06. The van der Waals surface area contributed by atoms with Gasteiger partial charge in [-0.05, 0) is 44.2 Å². The summed E-state index contributed by atoms with van der Waals surface area (Å²) in [6.45, 7) is 3.75. The number of allylic oxidation sites excluding steroid dienone is 4. The number of ether oxygens (including phenoxy) is 1. The molecule has 0 saturated carbocycles. The fraction of sp³-hybridized carbons (Fsp3) is 0.267. The second-order valence-electron chi connectivity index (χ2n) is 4.14. The molecular formula is C15H18O3. The Hall–Kier alpha value is -2.03. The van der Waals surface area contributed by atoms with E-state index in [4.69, 9.17) is 9.84 Å². The molecule has 0 radical (unpaired) electrons. The highest BCUT2D eigenvalue weighted by atomic mass is 16.5. The number of methoxy groups -OCH3 is 1. The number of hydrogen-bond acceptors (Lipinski definition) is 3. The van der Waals surface area contributed by atoms with Crippen LogP contribution in [-0.2, 0) is 4.74 Å². The van der Waals surface area contributed by atoms with Gasteiger partial charge in [0.25, 0.3) is 0 Å². The van der Waals surface area contributed by atoms with Crippen molar-refractivity contribution < 1.29 is 14.6 Å². The van der Waals surface area contributed by atoms with Crippen molar-refractivity contribution in [2.24, 2.45) is 0 Å². The molecule has 0 heterocycles. The highest BCUT2D eigenvalue weighted by molar-refractivity contribution is 5.97. The largest absolute Gasteiger partial charge is 0.508 e. The minimum Gasteiger partial charge on any atom is -0.508 e. The standard InChI is InChI=1S/C15H18O3/c1-11(4-5-12(2)18-3)10-15(17)13-6-8-14(16)9-7-13/h4-9,16H,10H2,1-3H3/b11-4+,12-5+. The van der Waals surface area contributed by atoms with Crippen molar-refractivity contribution in [2.75, 3.05) is 7.11 Å². The van der Waals surface area contributed by atoms with Crippen LogP contribution in [0.3, 0.4) is 0 Å². The van der Waals surface area contributed by atoms with Crippen LogP contribution in [0, 0.1) is 0 Å². The van der Waals surface area contributed by atoms with Crippen LogP contribution in [0.4, 0.5) is 0 Å². The first-order valence-electron chi connectivity index (χ1n) is 5.73. The quantitative estimate of drug-likeness (QED) is 0.491. The average Bonchev–Trinajstić information content (AvgIpc) is 2.36. The van der Waals surface area contributed by atoms with E-state index in [-0.39, 0.29) is 11.5 Å². The van der Waals surface area contributed by atoms with E-state index >= 15 is 0 Å². The number of carbonyl (C=O) groups excluding carboxylic acids is 1. The zero-order chi connectivity index (χ0) is 13.5. The molecule has 0 amide bonds. The van der Waals surface area contributed by atoms with Gasteiger partial charge < -0.3 is 9.84 Å². The van der Waals surface area contributed by atoms with Gasteiger partial charge >= 0.3 is 0 Å². The molecule has 0 aliphatic rings. The molecule has 1 rings (SSSR count). The van der Waals surface area contributed by atoms with Crippen molar-refractivity contribution in [3.8, 4) is 5.75 Å². The van der Waals surface area contributed by atoms with Crippen LogP contribution >= 0.6 is 0 Å². The van der Waals surface area contributed by atoms with Gasteiger partial charge in [-0.1, -0.05) is 11.6 Å². The van der Waals surface area contributed by atoms with Gasteiger partial charge in [0.05, 0.1) is 12.9 Å². The van der Waals surface area contributed by atoms with E-state index in [2.05, 4.69) is 0 Å². The van der Waals surface area contributed by atoms with Gasteiger partial charge in [-0.25, -0.2) is 0 Å². The first kappa shape index (κ1) is 14.0. The maximum Gasteiger partial charge on any atom is 0.166 e. The Bertz CT molecular complexity index is 467. The molecule has 3 nitrogen and oxygen atoms in total. The van der Waals surface area contributed by atoms with Crippen LogP contribution in [0.2, 0.25) is 0 Å². The van der Waals surface area contributed by atoms with Gasteiger partial charge in [0.15, 0.2) is 5.78 Å². The molecule has 1 N–H and O–H groups in total. The van der Waals surface area contributed by atoms with E-state index in [0.717, 1.165) is 11.3 Å². The van der Waals surface area contributed by atoms with Gasteiger partial charge in [-0.15, -0.1) is 0 Å². The van der Waals surface area contributed by atoms with Crippen molar-refractivity contribution in [2.45, 2.75) is 20.3 Å². The van der Waals surface area contributed by atoms with E-state index < -0.39 is 0 Å². The Morgan fingerprint density at radius 2 is 1.83 bits per heavy atom. The number of Topliss-reactive ketones (excluding diaryl/α,β-unsaturated/α-hetero) is 1. The maximum absolute atomic E-state index is 11.9. The van der Waals surface area contributed by atoms with E-state index in [0.29, 0.717) is 12.0 Å². The molecule has 0 spiro atoms. The lowest BCUT2D eigenvalue weighted by atomic mass is 10.0. The molecular weight excluding hydrogens is 228 g/mol. The van der Waals surface area contributed by atoms with Crippen LogP contribution in [0.5, 0.6) is 5.75 Å². The zero-order valence-corrected chi connectivity index (χ0v) is 10.9. The molecule has 0 fully saturated rings. The Balaban J connectivity index is 2.67. The van der Waals surface area contributed by atoms with Gasteiger partial charge in [0.1, 0.15) is 5.75 Å². The summed E-state index contributed by atoms with van der Waals surface area (Å²) >= 11 is 0. The minimum atomic E-state index is 0.0345.